The van der Waals surface area contributed by atoms with E-state index in [0.717, 1.165) is 36.3 Å². The number of furan rings is 1. The lowest BCUT2D eigenvalue weighted by Crippen LogP contribution is -2.24. The molecule has 1 saturated heterocycles. The summed E-state index contributed by atoms with van der Waals surface area (Å²) < 4.78 is 51.0. The van der Waals surface area contributed by atoms with Crippen LogP contribution < -0.4 is 9.04 Å². The number of likely N-dealkylation sites (tertiary alicyclic amines) is 1. The maximum atomic E-state index is 14.1. The number of nitrogens with zero attached hydrogens (tertiary/aromatic N) is 2. The monoisotopic (exact) mass is 497 g/mol. The van der Waals surface area contributed by atoms with Gasteiger partial charge >= 0.3 is 5.97 Å². The van der Waals surface area contributed by atoms with Gasteiger partial charge in [0.25, 0.3) is 0 Å². The summed E-state index contributed by atoms with van der Waals surface area (Å²) in [6, 6.07) is 8.39. The fraction of sp³-hybridized carbons (Fsp3) is 0.240. The molecule has 0 bridgehead atoms. The number of hydrogen-bond acceptors (Lipinski definition) is 6. The third kappa shape index (κ3) is 4.47. The van der Waals surface area contributed by atoms with Crippen LogP contribution in [0.15, 0.2) is 53.2 Å². The third-order valence-corrected chi connectivity index (χ3v) is 6.86. The molecule has 2 aliphatic heterocycles. The fourth-order valence-electron chi connectivity index (χ4n) is 4.57. The molecule has 2 aliphatic rings. The molecule has 0 aliphatic carbocycles. The molecule has 3 aromatic rings. The first-order valence-electron chi connectivity index (χ1n) is 11.1. The van der Waals surface area contributed by atoms with Crippen molar-refractivity contribution in [3.8, 4) is 16.9 Å². The molecule has 2 aromatic carbocycles. The van der Waals surface area contributed by atoms with Crippen LogP contribution in [0.25, 0.3) is 17.2 Å². The van der Waals surface area contributed by atoms with E-state index in [2.05, 4.69) is 4.90 Å². The lowest BCUT2D eigenvalue weighted by molar-refractivity contribution is 0.0692. The zero-order chi connectivity index (χ0) is 24.5. The van der Waals surface area contributed by atoms with Crippen LogP contribution in [-0.4, -0.2) is 44.4 Å². The maximum absolute atomic E-state index is 14.1. The topological polar surface area (TPSA) is 106 Å². The molecule has 0 radical (unpaired) electrons. The molecule has 0 saturated carbocycles. The molecule has 0 amide bonds. The highest BCUT2D eigenvalue weighted by atomic mass is 32.2. The van der Waals surface area contributed by atoms with Gasteiger partial charge in [-0.2, -0.15) is 0 Å². The second kappa shape index (κ2) is 9.65. The number of ether oxygens (including phenoxy) is 1. The highest BCUT2D eigenvalue weighted by molar-refractivity contribution is 7.81. The average Bonchev–Trinajstić information content (AvgIpc) is 3.52. The van der Waals surface area contributed by atoms with Gasteiger partial charge < -0.3 is 18.8 Å². The van der Waals surface area contributed by atoms with E-state index < -0.39 is 23.1 Å². The Morgan fingerprint density at radius 1 is 1.17 bits per heavy atom. The summed E-state index contributed by atoms with van der Waals surface area (Å²) in [6.45, 7) is 2.62. The number of carboxylic acid groups (broad SMARTS) is 1. The summed E-state index contributed by atoms with van der Waals surface area (Å²) in [6.07, 6.45) is 7.24. The molecule has 1 atom stereocenters. The summed E-state index contributed by atoms with van der Waals surface area (Å²) in [5.41, 5.74) is 1.18. The van der Waals surface area contributed by atoms with Crippen molar-refractivity contribution in [2.45, 2.75) is 19.4 Å². The minimum Gasteiger partial charge on any atom is -0.755 e. The maximum Gasteiger partial charge on any atom is 0.341 e. The van der Waals surface area contributed by atoms with E-state index in [1.54, 1.807) is 18.2 Å². The predicted molar refractivity (Wildman–Crippen MR) is 128 cm³/mol. The van der Waals surface area contributed by atoms with Gasteiger partial charge in [-0.05, 0) is 62.3 Å². The van der Waals surface area contributed by atoms with Crippen molar-refractivity contribution in [1.82, 2.24) is 4.90 Å². The van der Waals surface area contributed by atoms with Crippen molar-refractivity contribution in [3.63, 3.8) is 0 Å². The Morgan fingerprint density at radius 3 is 2.69 bits per heavy atom. The molecule has 10 heteroatoms. The van der Waals surface area contributed by atoms with Crippen LogP contribution in [0.3, 0.4) is 0 Å². The number of fused-ring (bicyclic) bond motifs is 3. The number of hydrogen-bond donors (Lipinski definition) is 1. The summed E-state index contributed by atoms with van der Waals surface area (Å²) in [5, 5.41) is 10.1. The van der Waals surface area contributed by atoms with Gasteiger partial charge in [0.05, 0.1) is 28.9 Å². The van der Waals surface area contributed by atoms with Gasteiger partial charge in [-0.3, -0.25) is 13.4 Å². The summed E-state index contributed by atoms with van der Waals surface area (Å²) in [7, 11) is 0. The van der Waals surface area contributed by atoms with Crippen molar-refractivity contribution in [2.75, 3.05) is 23.9 Å². The quantitative estimate of drug-likeness (QED) is 0.471. The molecular weight excluding hydrogens is 475 g/mol. The SMILES string of the molecule is O=C(O)c1c(N(c2ccc(F)cc2C=CCN2CCCC2)S(=O)[O-])ccc2c1OCc1occc1-2. The highest BCUT2D eigenvalue weighted by Crippen LogP contribution is 2.45. The minimum absolute atomic E-state index is 0.0145. The van der Waals surface area contributed by atoms with Crippen LogP contribution in [0.2, 0.25) is 0 Å². The van der Waals surface area contributed by atoms with Gasteiger partial charge in [0.2, 0.25) is 0 Å². The zero-order valence-electron chi connectivity index (χ0n) is 18.6. The lowest BCUT2D eigenvalue weighted by Gasteiger charge is -2.31. The van der Waals surface area contributed by atoms with E-state index in [0.29, 0.717) is 29.0 Å². The number of carboxylic acids is 1. The first-order valence-corrected chi connectivity index (χ1v) is 12.1. The summed E-state index contributed by atoms with van der Waals surface area (Å²) >= 11 is -2.92. The molecule has 3 heterocycles. The van der Waals surface area contributed by atoms with Crippen LogP contribution in [-0.2, 0) is 17.9 Å². The van der Waals surface area contributed by atoms with Gasteiger partial charge in [-0.25, -0.2) is 9.18 Å². The smallest absolute Gasteiger partial charge is 0.341 e. The van der Waals surface area contributed by atoms with E-state index in [1.807, 2.05) is 6.08 Å². The number of carbonyl (C=O) groups is 1. The Bertz CT molecular complexity index is 1330. The van der Waals surface area contributed by atoms with E-state index in [1.165, 1.54) is 24.5 Å². The van der Waals surface area contributed by atoms with Gasteiger partial charge in [0.15, 0.2) is 0 Å². The van der Waals surface area contributed by atoms with Gasteiger partial charge in [0.1, 0.15) is 29.5 Å². The Kier molecular flexibility index (Phi) is 6.42. The first-order chi connectivity index (χ1) is 16.9. The molecule has 8 nitrogen and oxygen atoms in total. The van der Waals surface area contributed by atoms with Crippen LogP contribution in [0.1, 0.15) is 34.5 Å². The fourth-order valence-corrected chi connectivity index (χ4v) is 5.21. The second-order valence-corrected chi connectivity index (χ2v) is 9.11. The molecule has 5 rings (SSSR count). The van der Waals surface area contributed by atoms with Gasteiger partial charge in [0, 0.05) is 23.2 Å². The zero-order valence-corrected chi connectivity index (χ0v) is 19.4. The Hall–Kier alpha value is -3.47. The van der Waals surface area contributed by atoms with Crippen molar-refractivity contribution in [3.05, 3.63) is 71.4 Å². The average molecular weight is 498 g/mol. The lowest BCUT2D eigenvalue weighted by atomic mass is 9.98. The Morgan fingerprint density at radius 2 is 1.94 bits per heavy atom. The van der Waals surface area contributed by atoms with E-state index in [-0.39, 0.29) is 29.3 Å². The molecule has 1 unspecified atom stereocenters. The normalized spacial score (nSPS) is 16.1. The minimum atomic E-state index is -2.92. The van der Waals surface area contributed by atoms with Crippen LogP contribution in [0.4, 0.5) is 15.8 Å². The van der Waals surface area contributed by atoms with Gasteiger partial charge in [-0.15, -0.1) is 0 Å². The summed E-state index contributed by atoms with van der Waals surface area (Å²) in [4.78, 5) is 14.6. The number of rotatable bonds is 7. The largest absolute Gasteiger partial charge is 0.755 e. The first kappa shape index (κ1) is 23.3. The number of aromatic carboxylic acids is 1. The van der Waals surface area contributed by atoms with Crippen LogP contribution in [0, 0.1) is 5.82 Å². The van der Waals surface area contributed by atoms with E-state index >= 15 is 0 Å². The van der Waals surface area contributed by atoms with Crippen LogP contribution in [0.5, 0.6) is 5.75 Å². The van der Waals surface area contributed by atoms with Crippen molar-refractivity contribution < 1.29 is 32.2 Å². The highest BCUT2D eigenvalue weighted by Gasteiger charge is 2.30. The molecule has 182 valence electrons. The molecule has 35 heavy (non-hydrogen) atoms. The number of anilines is 2. The van der Waals surface area contributed by atoms with Crippen molar-refractivity contribution in [2.24, 2.45) is 0 Å². The van der Waals surface area contributed by atoms with E-state index in [4.69, 9.17) is 9.15 Å². The molecule has 0 spiro atoms. The second-order valence-electron chi connectivity index (χ2n) is 8.31. The number of halogens is 1. The van der Waals surface area contributed by atoms with E-state index in [9.17, 15) is 23.1 Å². The summed E-state index contributed by atoms with van der Waals surface area (Å²) in [5.74, 6) is -1.29. The predicted octanol–water partition coefficient (Wildman–Crippen LogP) is 4.72. The third-order valence-electron chi connectivity index (χ3n) is 6.17. The molecule has 1 N–H and O–H groups in total. The van der Waals surface area contributed by atoms with Crippen molar-refractivity contribution >= 4 is 34.7 Å². The number of benzene rings is 2. The van der Waals surface area contributed by atoms with Gasteiger partial charge in [-0.1, -0.05) is 12.2 Å². The van der Waals surface area contributed by atoms with Crippen molar-refractivity contribution in [1.29, 1.82) is 0 Å². The molecule has 1 aromatic heterocycles. The van der Waals surface area contributed by atoms with Crippen LogP contribution >= 0.6 is 0 Å². The Labute approximate surface area is 203 Å². The standard InChI is InChI=1S/C25H23FN2O6S/c26-17-5-7-20(16(14-17)4-3-12-27-10-1-2-11-27)28(35(31)32)21-8-6-19-18-9-13-33-22(18)15-34-24(19)23(21)25(29)30/h3-9,13-14H,1-2,10-12,15H2,(H,29,30)(H,31,32)/p-1. The molecular formula is C25H22FN2O6S-. The Balaban J connectivity index is 1.60. The molecule has 1 fully saturated rings.